The maximum Gasteiger partial charge on any atom is 0 e. The Morgan fingerprint density at radius 3 is 2.54 bits per heavy atom. The molecule has 72 valence electrons. The van der Waals surface area contributed by atoms with E-state index < -0.39 is 0 Å². The van der Waals surface area contributed by atoms with Crippen molar-refractivity contribution in [3.8, 4) is 0 Å². The third-order valence-corrected chi connectivity index (χ3v) is 2.41. The zero-order valence-corrected chi connectivity index (χ0v) is 11.3. The van der Waals surface area contributed by atoms with Crippen LogP contribution in [0.4, 0.5) is 0 Å². The fourth-order valence-electron chi connectivity index (χ4n) is 1.65. The summed E-state index contributed by atoms with van der Waals surface area (Å²) in [5.41, 5.74) is 1.55. The molecule has 0 N–H and O–H groups in total. The molecule has 0 fully saturated rings. The fourth-order valence-corrected chi connectivity index (χ4v) is 1.65. The van der Waals surface area contributed by atoms with Crippen LogP contribution in [0.5, 0.6) is 0 Å². The van der Waals surface area contributed by atoms with Crippen molar-refractivity contribution < 1.29 is 26.2 Å². The van der Waals surface area contributed by atoms with Crippen molar-refractivity contribution in [1.29, 1.82) is 0 Å². The Labute approximate surface area is 102 Å². The average molecular weight is 256 g/mol. The van der Waals surface area contributed by atoms with Crippen LogP contribution in [0.25, 0.3) is 0 Å². The molecule has 1 aliphatic carbocycles. The maximum atomic E-state index is 2.38. The Balaban J connectivity index is 0.00000144. The minimum atomic E-state index is 0. The molecule has 1 rings (SSSR count). The molecule has 1 heteroatoms. The predicted octanol–water partition coefficient (Wildman–Crippen LogP) is 4.09. The van der Waals surface area contributed by atoms with Crippen LogP contribution < -0.4 is 0 Å². The van der Waals surface area contributed by atoms with Gasteiger partial charge in [0.25, 0.3) is 0 Å². The molecule has 0 spiro atoms. The van der Waals surface area contributed by atoms with Gasteiger partial charge in [-0.3, -0.25) is 0 Å². The van der Waals surface area contributed by atoms with Crippen LogP contribution in [-0.2, 0) is 26.2 Å². The van der Waals surface area contributed by atoms with Gasteiger partial charge in [-0.2, -0.15) is 0 Å². The van der Waals surface area contributed by atoms with Gasteiger partial charge in [0.2, 0.25) is 0 Å². The van der Waals surface area contributed by atoms with E-state index in [9.17, 15) is 0 Å². The molecule has 13 heavy (non-hydrogen) atoms. The van der Waals surface area contributed by atoms with E-state index in [1.165, 1.54) is 32.1 Å². The summed E-state index contributed by atoms with van der Waals surface area (Å²) in [4.78, 5) is 0. The molecule has 0 amide bonds. The molecule has 0 saturated carbocycles. The third-order valence-electron chi connectivity index (χ3n) is 2.41. The van der Waals surface area contributed by atoms with Crippen molar-refractivity contribution in [2.45, 2.75) is 46.0 Å². The van der Waals surface area contributed by atoms with Crippen LogP contribution in [0.2, 0.25) is 0 Å². The number of unbranched alkanes of at least 4 members (excludes halogenated alkanes) is 3. The van der Waals surface area contributed by atoms with Gasteiger partial charge in [0.1, 0.15) is 0 Å². The number of rotatable bonds is 5. The normalized spacial score (nSPS) is 19.8. The summed E-state index contributed by atoms with van der Waals surface area (Å²) in [6.07, 6.45) is 13.8. The number of hydrogen-bond acceptors (Lipinski definition) is 0. The Bertz CT molecular complexity index is 180. The average Bonchev–Trinajstić information content (AvgIpc) is 2.45. The zero-order valence-electron chi connectivity index (χ0n) is 8.84. The van der Waals surface area contributed by atoms with E-state index in [0.717, 1.165) is 0 Å². The minimum absolute atomic E-state index is 0. The smallest absolute Gasteiger partial charge is 0 e. The van der Waals surface area contributed by atoms with E-state index in [0.29, 0.717) is 5.92 Å². The predicted molar refractivity (Wildman–Crippen MR) is 55.1 cm³/mol. The summed E-state index contributed by atoms with van der Waals surface area (Å²) in [6, 6.07) is 0. The topological polar surface area (TPSA) is 0 Å². The molecule has 0 bridgehead atoms. The Kier molecular flexibility index (Phi) is 7.95. The van der Waals surface area contributed by atoms with Crippen molar-refractivity contribution in [2.75, 3.05) is 0 Å². The Morgan fingerprint density at radius 1 is 1.23 bits per heavy atom. The number of hydrogen-bond donors (Lipinski definition) is 0. The summed E-state index contributed by atoms with van der Waals surface area (Å²) in [7, 11) is 0. The fraction of sp³-hybridized carbons (Fsp3) is 0.667. The molecule has 0 nitrogen and oxygen atoms in total. The van der Waals surface area contributed by atoms with E-state index in [1.807, 2.05) is 0 Å². The Hall–Kier alpha value is 0.363. The molecule has 1 unspecified atom stereocenters. The van der Waals surface area contributed by atoms with Gasteiger partial charge in [0.15, 0.2) is 0 Å². The van der Waals surface area contributed by atoms with Gasteiger partial charge in [0, 0.05) is 26.2 Å². The van der Waals surface area contributed by atoms with Crippen LogP contribution in [0.1, 0.15) is 46.0 Å². The molecule has 1 atom stereocenters. The van der Waals surface area contributed by atoms with Crippen LogP contribution in [0, 0.1) is 5.92 Å². The first-order valence-corrected chi connectivity index (χ1v) is 5.22. The van der Waals surface area contributed by atoms with E-state index in [4.69, 9.17) is 0 Å². The van der Waals surface area contributed by atoms with Crippen LogP contribution in [0.15, 0.2) is 23.8 Å². The SMILES string of the molecule is CCCCCCC1=CC(C)C=C1.[Zr]. The molecular formula is C12H20Zr. The van der Waals surface area contributed by atoms with Gasteiger partial charge < -0.3 is 0 Å². The summed E-state index contributed by atoms with van der Waals surface area (Å²) >= 11 is 0. The van der Waals surface area contributed by atoms with E-state index in [2.05, 4.69) is 32.1 Å². The van der Waals surface area contributed by atoms with Crippen molar-refractivity contribution in [1.82, 2.24) is 0 Å². The summed E-state index contributed by atoms with van der Waals surface area (Å²) in [5.74, 6) is 0.686. The largest absolute Gasteiger partial charge is 0.0776 e. The molecular weight excluding hydrogens is 235 g/mol. The van der Waals surface area contributed by atoms with Crippen LogP contribution in [0.3, 0.4) is 0 Å². The van der Waals surface area contributed by atoms with Gasteiger partial charge in [-0.25, -0.2) is 0 Å². The first-order chi connectivity index (χ1) is 5.83. The second kappa shape index (κ2) is 7.74. The summed E-state index contributed by atoms with van der Waals surface area (Å²) in [5, 5.41) is 0. The van der Waals surface area contributed by atoms with Gasteiger partial charge in [-0.15, -0.1) is 0 Å². The third kappa shape index (κ3) is 5.63. The molecule has 0 radical (unpaired) electrons. The molecule has 0 saturated heterocycles. The molecule has 0 aliphatic heterocycles. The molecule has 0 heterocycles. The monoisotopic (exact) mass is 254 g/mol. The van der Waals surface area contributed by atoms with Gasteiger partial charge >= 0.3 is 0 Å². The van der Waals surface area contributed by atoms with Crippen LogP contribution in [-0.4, -0.2) is 0 Å². The van der Waals surface area contributed by atoms with Crippen molar-refractivity contribution in [2.24, 2.45) is 5.92 Å². The van der Waals surface area contributed by atoms with Crippen molar-refractivity contribution >= 4 is 0 Å². The second-order valence-electron chi connectivity index (χ2n) is 3.77. The number of allylic oxidation sites excluding steroid dienone is 4. The summed E-state index contributed by atoms with van der Waals surface area (Å²) < 4.78 is 0. The van der Waals surface area contributed by atoms with Gasteiger partial charge in [0.05, 0.1) is 0 Å². The standard InChI is InChI=1S/C12H20.Zr/c1-3-4-5-6-7-12-9-8-11(2)10-12;/h8-11H,3-7H2,1-2H3;. The van der Waals surface area contributed by atoms with Gasteiger partial charge in [-0.05, 0) is 18.8 Å². The van der Waals surface area contributed by atoms with Crippen molar-refractivity contribution in [3.05, 3.63) is 23.8 Å². The maximum absolute atomic E-state index is 2.38. The van der Waals surface area contributed by atoms with Crippen LogP contribution >= 0.6 is 0 Å². The summed E-state index contributed by atoms with van der Waals surface area (Å²) in [6.45, 7) is 4.51. The first-order valence-electron chi connectivity index (χ1n) is 5.22. The molecule has 1 aliphatic rings. The second-order valence-corrected chi connectivity index (χ2v) is 3.77. The molecule has 0 aromatic carbocycles. The molecule has 0 aromatic heterocycles. The van der Waals surface area contributed by atoms with E-state index in [-0.39, 0.29) is 26.2 Å². The Morgan fingerprint density at radius 2 is 2.00 bits per heavy atom. The van der Waals surface area contributed by atoms with E-state index in [1.54, 1.807) is 5.57 Å². The first kappa shape index (κ1) is 13.4. The minimum Gasteiger partial charge on any atom is -0.0776 e. The molecule has 0 aromatic rings. The van der Waals surface area contributed by atoms with E-state index >= 15 is 0 Å². The quantitative estimate of drug-likeness (QED) is 0.649. The van der Waals surface area contributed by atoms with Crippen molar-refractivity contribution in [3.63, 3.8) is 0 Å². The zero-order chi connectivity index (χ0) is 8.81. The van der Waals surface area contributed by atoms with Gasteiger partial charge in [-0.1, -0.05) is 56.9 Å².